The van der Waals surface area contributed by atoms with E-state index in [2.05, 4.69) is 6.58 Å². The van der Waals surface area contributed by atoms with Crippen LogP contribution in [0, 0.1) is 23.7 Å². The van der Waals surface area contributed by atoms with Crippen LogP contribution in [-0.4, -0.2) is 88.1 Å². The van der Waals surface area contributed by atoms with Gasteiger partial charge in [-0.2, -0.15) is 0 Å². The monoisotopic (exact) mass is 443 g/mol. The fourth-order valence-corrected chi connectivity index (χ4v) is 5.33. The highest BCUT2D eigenvalue weighted by Crippen LogP contribution is 2.37. The van der Waals surface area contributed by atoms with Crippen molar-refractivity contribution in [3.8, 4) is 0 Å². The summed E-state index contributed by atoms with van der Waals surface area (Å²) in [5.74, 6) is -2.85. The van der Waals surface area contributed by atoms with Gasteiger partial charge in [0, 0.05) is 30.5 Å². The van der Waals surface area contributed by atoms with Crippen molar-refractivity contribution in [2.24, 2.45) is 23.7 Å². The summed E-state index contributed by atoms with van der Waals surface area (Å²) in [6.45, 7) is 12.0. The second-order valence-corrected chi connectivity index (χ2v) is 9.31. The van der Waals surface area contributed by atoms with Crippen LogP contribution >= 0.6 is 0 Å². The van der Waals surface area contributed by atoms with E-state index in [0.717, 1.165) is 12.1 Å². The summed E-state index contributed by atoms with van der Waals surface area (Å²) in [5, 5.41) is 41.4. The Balaban J connectivity index is 2.10. The van der Waals surface area contributed by atoms with Crippen molar-refractivity contribution in [2.45, 2.75) is 83.5 Å². The molecule has 1 aliphatic carbocycles. The number of aliphatic carboxylic acids is 1. The van der Waals surface area contributed by atoms with E-state index in [4.69, 9.17) is 9.47 Å². The molecular formula is C23H41NO7. The Labute approximate surface area is 185 Å². The van der Waals surface area contributed by atoms with Crippen LogP contribution in [0.25, 0.3) is 0 Å². The molecule has 4 N–H and O–H groups in total. The van der Waals surface area contributed by atoms with Gasteiger partial charge in [-0.3, -0.25) is 4.79 Å². The highest BCUT2D eigenvalue weighted by atomic mass is 16.5. The number of hydrogen-bond acceptors (Lipinski definition) is 7. The van der Waals surface area contributed by atoms with Gasteiger partial charge in [-0.15, -0.1) is 0 Å². The zero-order chi connectivity index (χ0) is 23.5. The van der Waals surface area contributed by atoms with Crippen molar-refractivity contribution < 1.29 is 34.7 Å². The molecule has 1 heterocycles. The Hall–Kier alpha value is -1.19. The number of ether oxygens (including phenoxy) is 2. The van der Waals surface area contributed by atoms with Crippen molar-refractivity contribution in [2.75, 3.05) is 20.3 Å². The average Bonchev–Trinajstić information content (AvgIpc) is 2.72. The van der Waals surface area contributed by atoms with Crippen LogP contribution in [0.1, 0.15) is 47.0 Å². The topological polar surface area (TPSA) is 120 Å². The Bertz CT molecular complexity index is 615. The van der Waals surface area contributed by atoms with Crippen molar-refractivity contribution in [1.29, 1.82) is 0 Å². The van der Waals surface area contributed by atoms with Gasteiger partial charge in [0.1, 0.15) is 0 Å². The van der Waals surface area contributed by atoms with E-state index < -0.39 is 42.0 Å². The highest BCUT2D eigenvalue weighted by Gasteiger charge is 2.47. The van der Waals surface area contributed by atoms with E-state index in [1.54, 1.807) is 0 Å². The molecule has 0 aromatic heterocycles. The smallest absolute Gasteiger partial charge is 0.306 e. The van der Waals surface area contributed by atoms with Gasteiger partial charge in [0.2, 0.25) is 0 Å². The van der Waals surface area contributed by atoms with Gasteiger partial charge in [-0.1, -0.05) is 20.4 Å². The van der Waals surface area contributed by atoms with Crippen LogP contribution in [0.2, 0.25) is 0 Å². The minimum Gasteiger partial charge on any atom is -0.481 e. The van der Waals surface area contributed by atoms with Crippen molar-refractivity contribution in [1.82, 2.24) is 4.90 Å². The predicted molar refractivity (Wildman–Crippen MR) is 116 cm³/mol. The third-order valence-electron chi connectivity index (χ3n) is 7.36. The molecule has 1 saturated carbocycles. The minimum atomic E-state index is -1.09. The van der Waals surface area contributed by atoms with Gasteiger partial charge in [-0.25, -0.2) is 0 Å². The molecule has 2 rings (SSSR count). The summed E-state index contributed by atoms with van der Waals surface area (Å²) in [6.07, 6.45) is -1.75. The third-order valence-corrected chi connectivity index (χ3v) is 7.36. The summed E-state index contributed by atoms with van der Waals surface area (Å²) in [5.41, 5.74) is 0.861. The molecule has 8 heteroatoms. The van der Waals surface area contributed by atoms with Crippen LogP contribution in [0.5, 0.6) is 0 Å². The lowest BCUT2D eigenvalue weighted by Gasteiger charge is -2.48. The minimum absolute atomic E-state index is 0.0857. The molecule has 2 aliphatic rings. The summed E-state index contributed by atoms with van der Waals surface area (Å²) in [6, 6.07) is -0.119. The fraction of sp³-hybridized carbons (Fsp3) is 0.870. The van der Waals surface area contributed by atoms with Crippen LogP contribution < -0.4 is 0 Å². The summed E-state index contributed by atoms with van der Waals surface area (Å²) < 4.78 is 12.0. The molecule has 8 nitrogen and oxygen atoms in total. The SMILES string of the molecule is C=C(C)N(C)C1C(CC)OC(C)C(O)C1COCC1CC(C(=O)O)C(CC)C(O)C1O. The average molecular weight is 444 g/mol. The number of rotatable bonds is 9. The van der Waals surface area contributed by atoms with Crippen LogP contribution in [0.4, 0.5) is 0 Å². The van der Waals surface area contributed by atoms with E-state index >= 15 is 0 Å². The third kappa shape index (κ3) is 5.60. The largest absolute Gasteiger partial charge is 0.481 e. The normalized spacial score (nSPS) is 41.0. The molecule has 10 unspecified atom stereocenters. The lowest BCUT2D eigenvalue weighted by Crippen LogP contribution is -2.59. The summed E-state index contributed by atoms with van der Waals surface area (Å²) >= 11 is 0. The molecule has 0 radical (unpaired) electrons. The number of carbonyl (C=O) groups is 1. The summed E-state index contributed by atoms with van der Waals surface area (Å²) in [4.78, 5) is 13.7. The molecule has 0 aromatic rings. The van der Waals surface area contributed by atoms with Crippen molar-refractivity contribution >= 4 is 5.97 Å². The van der Waals surface area contributed by atoms with E-state index in [1.165, 1.54) is 0 Å². The van der Waals surface area contributed by atoms with Crippen molar-refractivity contribution in [3.63, 3.8) is 0 Å². The van der Waals surface area contributed by atoms with Crippen molar-refractivity contribution in [3.05, 3.63) is 12.3 Å². The number of hydrogen-bond donors (Lipinski definition) is 4. The first-order valence-corrected chi connectivity index (χ1v) is 11.4. The molecule has 0 bridgehead atoms. The van der Waals surface area contributed by atoms with Gasteiger partial charge in [0.25, 0.3) is 0 Å². The van der Waals surface area contributed by atoms with E-state index in [-0.39, 0.29) is 43.8 Å². The fourth-order valence-electron chi connectivity index (χ4n) is 5.33. The number of aliphatic hydroxyl groups excluding tert-OH is 3. The molecule has 10 atom stereocenters. The second-order valence-electron chi connectivity index (χ2n) is 9.31. The molecule has 0 spiro atoms. The van der Waals surface area contributed by atoms with Crippen LogP contribution in [0.15, 0.2) is 12.3 Å². The zero-order valence-electron chi connectivity index (χ0n) is 19.5. The number of carboxylic acid groups (broad SMARTS) is 1. The Morgan fingerprint density at radius 3 is 2.26 bits per heavy atom. The molecule has 2 fully saturated rings. The highest BCUT2D eigenvalue weighted by molar-refractivity contribution is 5.70. The number of carboxylic acids is 1. The number of aliphatic hydroxyl groups is 3. The standard InChI is InChI=1S/C23H41NO7/c1-7-15-16(23(28)29)9-14(21(26)22(15)27)10-30-11-17-19(24(6)12(3)4)18(8-2)31-13(5)20(17)25/h13-22,25-27H,3,7-11H2,1-2,4-6H3,(H,28,29). The lowest BCUT2D eigenvalue weighted by molar-refractivity contribution is -0.187. The molecule has 31 heavy (non-hydrogen) atoms. The van der Waals surface area contributed by atoms with E-state index in [0.29, 0.717) is 6.42 Å². The molecule has 0 amide bonds. The maximum absolute atomic E-state index is 11.7. The second kappa shape index (κ2) is 11.1. The first-order chi connectivity index (χ1) is 14.5. The maximum atomic E-state index is 11.7. The van der Waals surface area contributed by atoms with Gasteiger partial charge in [0.05, 0.1) is 55.7 Å². The Morgan fingerprint density at radius 2 is 1.74 bits per heavy atom. The molecule has 1 saturated heterocycles. The number of allylic oxidation sites excluding steroid dienone is 1. The quantitative estimate of drug-likeness (QED) is 0.423. The van der Waals surface area contributed by atoms with Gasteiger partial charge < -0.3 is 34.8 Å². The lowest BCUT2D eigenvalue weighted by atomic mass is 9.70. The maximum Gasteiger partial charge on any atom is 0.306 e. The molecule has 180 valence electrons. The number of nitrogens with zero attached hydrogens (tertiary/aromatic N) is 1. The van der Waals surface area contributed by atoms with E-state index in [9.17, 15) is 25.2 Å². The molecule has 0 aromatic carbocycles. The van der Waals surface area contributed by atoms with E-state index in [1.807, 2.05) is 39.6 Å². The first-order valence-electron chi connectivity index (χ1n) is 11.4. The van der Waals surface area contributed by atoms with Crippen LogP contribution in [-0.2, 0) is 14.3 Å². The first kappa shape index (κ1) is 26.1. The number of likely N-dealkylation sites (N-methyl/N-ethyl adjacent to an activating group) is 1. The van der Waals surface area contributed by atoms with Crippen LogP contribution in [0.3, 0.4) is 0 Å². The predicted octanol–water partition coefficient (Wildman–Crippen LogP) is 1.48. The van der Waals surface area contributed by atoms with Gasteiger partial charge in [0.15, 0.2) is 0 Å². The molecule has 1 aliphatic heterocycles. The molecular weight excluding hydrogens is 402 g/mol. The Morgan fingerprint density at radius 1 is 1.10 bits per heavy atom. The zero-order valence-corrected chi connectivity index (χ0v) is 19.5. The van der Waals surface area contributed by atoms with Gasteiger partial charge in [-0.05, 0) is 33.1 Å². The summed E-state index contributed by atoms with van der Waals surface area (Å²) in [7, 11) is 1.93. The Kier molecular flexibility index (Phi) is 9.33. The van der Waals surface area contributed by atoms with Gasteiger partial charge >= 0.3 is 5.97 Å².